The second kappa shape index (κ2) is 4.84. The Morgan fingerprint density at radius 1 is 1.39 bits per heavy atom. The number of carbonyl (C=O) groups is 1. The number of nitrogens with one attached hydrogen (secondary N) is 2. The lowest BCUT2D eigenvalue weighted by molar-refractivity contribution is -0.123. The second-order valence-electron chi connectivity index (χ2n) is 7.23. The second-order valence-corrected chi connectivity index (χ2v) is 7.23. The predicted molar refractivity (Wildman–Crippen MR) is 74.3 cm³/mol. The lowest BCUT2D eigenvalue weighted by Crippen LogP contribution is -2.39. The topological polar surface area (TPSA) is 41.1 Å². The SMILES string of the molecule is CC(C)C(C)(C)CNC(=O)C1CC12CCNCC2. The smallest absolute Gasteiger partial charge is 0.223 e. The molecule has 3 heteroatoms. The molecule has 0 bridgehead atoms. The van der Waals surface area contributed by atoms with Gasteiger partial charge in [0.15, 0.2) is 0 Å². The van der Waals surface area contributed by atoms with Crippen LogP contribution in [0.5, 0.6) is 0 Å². The van der Waals surface area contributed by atoms with Gasteiger partial charge in [-0.15, -0.1) is 0 Å². The van der Waals surface area contributed by atoms with Crippen LogP contribution in [-0.2, 0) is 4.79 Å². The van der Waals surface area contributed by atoms with Gasteiger partial charge in [0.1, 0.15) is 0 Å². The largest absolute Gasteiger partial charge is 0.355 e. The molecule has 1 aliphatic carbocycles. The lowest BCUT2D eigenvalue weighted by Gasteiger charge is -2.30. The summed E-state index contributed by atoms with van der Waals surface area (Å²) < 4.78 is 0. The third-order valence-electron chi connectivity index (χ3n) is 5.39. The Kier molecular flexibility index (Phi) is 3.72. The van der Waals surface area contributed by atoms with Crippen molar-refractivity contribution in [2.75, 3.05) is 19.6 Å². The molecule has 1 heterocycles. The zero-order valence-corrected chi connectivity index (χ0v) is 12.3. The highest BCUT2D eigenvalue weighted by Gasteiger charge is 2.57. The number of piperidine rings is 1. The molecule has 2 rings (SSSR count). The molecule has 3 nitrogen and oxygen atoms in total. The molecule has 1 unspecified atom stereocenters. The minimum Gasteiger partial charge on any atom is -0.355 e. The monoisotopic (exact) mass is 252 g/mol. The molecule has 2 aliphatic rings. The van der Waals surface area contributed by atoms with E-state index >= 15 is 0 Å². The maximum atomic E-state index is 12.2. The van der Waals surface area contributed by atoms with Crippen LogP contribution in [0.3, 0.4) is 0 Å². The van der Waals surface area contributed by atoms with Gasteiger partial charge in [0.25, 0.3) is 0 Å². The van der Waals surface area contributed by atoms with Gasteiger partial charge >= 0.3 is 0 Å². The van der Waals surface area contributed by atoms with Crippen LogP contribution in [0.25, 0.3) is 0 Å². The van der Waals surface area contributed by atoms with Gasteiger partial charge in [0.2, 0.25) is 5.91 Å². The molecule has 0 radical (unpaired) electrons. The van der Waals surface area contributed by atoms with E-state index < -0.39 is 0 Å². The summed E-state index contributed by atoms with van der Waals surface area (Å²) >= 11 is 0. The molecule has 18 heavy (non-hydrogen) atoms. The van der Waals surface area contributed by atoms with Crippen LogP contribution in [0, 0.1) is 22.7 Å². The van der Waals surface area contributed by atoms with Crippen LogP contribution in [0.15, 0.2) is 0 Å². The van der Waals surface area contributed by atoms with E-state index in [1.54, 1.807) is 0 Å². The first-order chi connectivity index (χ1) is 8.37. The van der Waals surface area contributed by atoms with Crippen molar-refractivity contribution in [3.63, 3.8) is 0 Å². The fourth-order valence-electron chi connectivity index (χ4n) is 2.84. The molecule has 0 aromatic carbocycles. The van der Waals surface area contributed by atoms with Crippen LogP contribution in [0.4, 0.5) is 0 Å². The molecule has 1 amide bonds. The van der Waals surface area contributed by atoms with E-state index in [0.717, 1.165) is 26.1 Å². The summed E-state index contributed by atoms with van der Waals surface area (Å²) in [6.45, 7) is 11.9. The van der Waals surface area contributed by atoms with Crippen LogP contribution in [-0.4, -0.2) is 25.5 Å². The van der Waals surface area contributed by atoms with Gasteiger partial charge in [-0.3, -0.25) is 4.79 Å². The van der Waals surface area contributed by atoms with Crippen molar-refractivity contribution in [1.29, 1.82) is 0 Å². The van der Waals surface area contributed by atoms with Gasteiger partial charge in [-0.25, -0.2) is 0 Å². The maximum absolute atomic E-state index is 12.2. The van der Waals surface area contributed by atoms with Crippen molar-refractivity contribution in [2.24, 2.45) is 22.7 Å². The van der Waals surface area contributed by atoms with Gasteiger partial charge in [0, 0.05) is 12.5 Å². The standard InChI is InChI=1S/C15H28N2O/c1-11(2)14(3,4)10-17-13(18)12-9-15(12)5-7-16-8-6-15/h11-12,16H,5-10H2,1-4H3,(H,17,18). The minimum atomic E-state index is 0.186. The summed E-state index contributed by atoms with van der Waals surface area (Å²) in [7, 11) is 0. The van der Waals surface area contributed by atoms with Crippen molar-refractivity contribution >= 4 is 5.91 Å². The molecule has 2 fully saturated rings. The van der Waals surface area contributed by atoms with E-state index in [-0.39, 0.29) is 5.41 Å². The quantitative estimate of drug-likeness (QED) is 0.805. The van der Waals surface area contributed by atoms with Crippen molar-refractivity contribution in [1.82, 2.24) is 10.6 Å². The molecule has 2 N–H and O–H groups in total. The Hall–Kier alpha value is -0.570. The fourth-order valence-corrected chi connectivity index (χ4v) is 2.84. The molecule has 1 atom stereocenters. The Morgan fingerprint density at radius 2 is 2.00 bits per heavy atom. The van der Waals surface area contributed by atoms with Gasteiger partial charge < -0.3 is 10.6 Å². The average molecular weight is 252 g/mol. The maximum Gasteiger partial charge on any atom is 0.223 e. The van der Waals surface area contributed by atoms with E-state index in [0.29, 0.717) is 23.2 Å². The Labute approximate surface area is 111 Å². The van der Waals surface area contributed by atoms with Gasteiger partial charge in [-0.2, -0.15) is 0 Å². The van der Waals surface area contributed by atoms with Crippen LogP contribution in [0.2, 0.25) is 0 Å². The number of hydrogen-bond acceptors (Lipinski definition) is 2. The third kappa shape index (κ3) is 2.71. The van der Waals surface area contributed by atoms with Gasteiger partial charge in [-0.1, -0.05) is 27.7 Å². The molecular formula is C15H28N2O. The molecule has 1 saturated heterocycles. The summed E-state index contributed by atoms with van der Waals surface area (Å²) in [5.74, 6) is 1.18. The summed E-state index contributed by atoms with van der Waals surface area (Å²) in [6, 6.07) is 0. The van der Waals surface area contributed by atoms with E-state index in [1.165, 1.54) is 12.8 Å². The highest BCUT2D eigenvalue weighted by Crippen LogP contribution is 2.58. The van der Waals surface area contributed by atoms with E-state index in [9.17, 15) is 4.79 Å². The van der Waals surface area contributed by atoms with Crippen molar-refractivity contribution in [2.45, 2.75) is 47.0 Å². The highest BCUT2D eigenvalue weighted by molar-refractivity contribution is 5.82. The molecule has 0 aromatic heterocycles. The van der Waals surface area contributed by atoms with Crippen LogP contribution < -0.4 is 10.6 Å². The zero-order chi connectivity index (χ0) is 13.4. The van der Waals surface area contributed by atoms with Crippen LogP contribution in [0.1, 0.15) is 47.0 Å². The predicted octanol–water partition coefficient (Wildman–Crippen LogP) is 2.17. The lowest BCUT2D eigenvalue weighted by atomic mass is 9.81. The first kappa shape index (κ1) is 13.9. The molecule has 1 spiro atoms. The molecule has 1 aliphatic heterocycles. The van der Waals surface area contributed by atoms with Gasteiger partial charge in [0.05, 0.1) is 0 Å². The van der Waals surface area contributed by atoms with Crippen molar-refractivity contribution < 1.29 is 4.79 Å². The molecule has 0 aromatic rings. The molecular weight excluding hydrogens is 224 g/mol. The summed E-state index contributed by atoms with van der Waals surface area (Å²) in [5, 5.41) is 6.56. The first-order valence-corrected chi connectivity index (χ1v) is 7.36. The number of hydrogen-bond donors (Lipinski definition) is 2. The van der Waals surface area contributed by atoms with Crippen LogP contribution >= 0.6 is 0 Å². The normalized spacial score (nSPS) is 26.4. The van der Waals surface area contributed by atoms with E-state index in [1.807, 2.05) is 0 Å². The third-order valence-corrected chi connectivity index (χ3v) is 5.39. The van der Waals surface area contributed by atoms with Crippen molar-refractivity contribution in [3.05, 3.63) is 0 Å². The number of carbonyl (C=O) groups excluding carboxylic acids is 1. The van der Waals surface area contributed by atoms with Crippen molar-refractivity contribution in [3.8, 4) is 0 Å². The van der Waals surface area contributed by atoms with Gasteiger partial charge in [-0.05, 0) is 49.1 Å². The Balaban J connectivity index is 1.80. The van der Waals surface area contributed by atoms with E-state index in [2.05, 4.69) is 38.3 Å². The highest BCUT2D eigenvalue weighted by atomic mass is 16.2. The summed E-state index contributed by atoms with van der Waals surface area (Å²) in [4.78, 5) is 12.2. The zero-order valence-electron chi connectivity index (χ0n) is 12.3. The number of amides is 1. The average Bonchev–Trinajstić information content (AvgIpc) is 3.01. The van der Waals surface area contributed by atoms with E-state index in [4.69, 9.17) is 0 Å². The molecule has 104 valence electrons. The number of rotatable bonds is 4. The Morgan fingerprint density at radius 3 is 2.56 bits per heavy atom. The summed E-state index contributed by atoms with van der Waals surface area (Å²) in [5.41, 5.74) is 0.545. The molecule has 1 saturated carbocycles. The Bertz CT molecular complexity index is 316. The fraction of sp³-hybridized carbons (Fsp3) is 0.933. The summed E-state index contributed by atoms with van der Waals surface area (Å²) in [6.07, 6.45) is 3.47. The first-order valence-electron chi connectivity index (χ1n) is 7.36. The minimum absolute atomic E-state index is 0.186.